The predicted molar refractivity (Wildman–Crippen MR) is 83.0 cm³/mol. The monoisotopic (exact) mass is 342 g/mol. The minimum Gasteiger partial charge on any atom is -0.368 e. The lowest BCUT2D eigenvalue weighted by molar-refractivity contribution is -0.137. The van der Waals surface area contributed by atoms with E-state index in [2.05, 4.69) is 0 Å². The van der Waals surface area contributed by atoms with Gasteiger partial charge >= 0.3 is 0 Å². The van der Waals surface area contributed by atoms with Gasteiger partial charge in [-0.3, -0.25) is 9.59 Å². The standard InChI is InChI=1S/C15H16Cl2N2O3/c16-9-2-1-8(5-10(9)17)6-11(18)15(21)19-4-3-13-14(19)12(20)7-22-13/h1-2,5,11,13-14H,3-4,6-7,18H2. The van der Waals surface area contributed by atoms with Crippen molar-refractivity contribution in [2.24, 2.45) is 5.73 Å². The van der Waals surface area contributed by atoms with Gasteiger partial charge < -0.3 is 15.4 Å². The van der Waals surface area contributed by atoms with Gasteiger partial charge in [0, 0.05) is 6.54 Å². The van der Waals surface area contributed by atoms with Crippen LogP contribution in [0.4, 0.5) is 0 Å². The Morgan fingerprint density at radius 2 is 2.18 bits per heavy atom. The summed E-state index contributed by atoms with van der Waals surface area (Å²) in [6, 6.07) is 3.99. The minimum absolute atomic E-state index is 0.0439. The van der Waals surface area contributed by atoms with Crippen LogP contribution in [0.5, 0.6) is 0 Å². The van der Waals surface area contributed by atoms with E-state index in [0.717, 1.165) is 5.56 Å². The average Bonchev–Trinajstić information content (AvgIpc) is 3.06. The van der Waals surface area contributed by atoms with Crippen LogP contribution in [0, 0.1) is 0 Å². The number of likely N-dealkylation sites (tertiary alicyclic amines) is 1. The minimum atomic E-state index is -0.718. The zero-order valence-corrected chi connectivity index (χ0v) is 13.3. The maximum absolute atomic E-state index is 12.5. The highest BCUT2D eigenvalue weighted by Crippen LogP contribution is 2.28. The molecule has 3 unspecified atom stereocenters. The summed E-state index contributed by atoms with van der Waals surface area (Å²) in [6.07, 6.45) is 0.856. The smallest absolute Gasteiger partial charge is 0.240 e. The molecular weight excluding hydrogens is 327 g/mol. The molecule has 2 aliphatic heterocycles. The van der Waals surface area contributed by atoms with Crippen LogP contribution in [-0.2, 0) is 20.7 Å². The van der Waals surface area contributed by atoms with Crippen molar-refractivity contribution in [2.45, 2.75) is 31.0 Å². The molecule has 3 atom stereocenters. The topological polar surface area (TPSA) is 72.6 Å². The number of rotatable bonds is 3. The van der Waals surface area contributed by atoms with Crippen molar-refractivity contribution in [1.82, 2.24) is 4.90 Å². The number of amides is 1. The third kappa shape index (κ3) is 2.86. The molecule has 5 nitrogen and oxygen atoms in total. The molecule has 2 fully saturated rings. The third-order valence-electron chi connectivity index (χ3n) is 4.15. The van der Waals surface area contributed by atoms with Gasteiger partial charge in [-0.2, -0.15) is 0 Å². The van der Waals surface area contributed by atoms with Gasteiger partial charge in [0.15, 0.2) is 5.78 Å². The lowest BCUT2D eigenvalue weighted by Gasteiger charge is -2.25. The molecule has 2 heterocycles. The van der Waals surface area contributed by atoms with Gasteiger partial charge in [-0.25, -0.2) is 0 Å². The normalized spacial score (nSPS) is 25.4. The van der Waals surface area contributed by atoms with Crippen LogP contribution in [-0.4, -0.2) is 47.9 Å². The molecule has 1 aromatic rings. The van der Waals surface area contributed by atoms with E-state index < -0.39 is 12.1 Å². The summed E-state index contributed by atoms with van der Waals surface area (Å²) in [5.41, 5.74) is 6.86. The molecule has 0 radical (unpaired) electrons. The molecule has 0 spiro atoms. The number of nitrogens with two attached hydrogens (primary N) is 1. The second-order valence-electron chi connectivity index (χ2n) is 5.64. The molecule has 22 heavy (non-hydrogen) atoms. The Morgan fingerprint density at radius 1 is 1.41 bits per heavy atom. The van der Waals surface area contributed by atoms with Crippen LogP contribution in [0.1, 0.15) is 12.0 Å². The van der Waals surface area contributed by atoms with Crippen LogP contribution >= 0.6 is 23.2 Å². The first-order valence-corrected chi connectivity index (χ1v) is 7.87. The summed E-state index contributed by atoms with van der Waals surface area (Å²) in [5.74, 6) is -0.269. The SMILES string of the molecule is NC(Cc1ccc(Cl)c(Cl)c1)C(=O)N1CCC2OCC(=O)C21. The van der Waals surface area contributed by atoms with Crippen molar-refractivity contribution in [3.05, 3.63) is 33.8 Å². The lowest BCUT2D eigenvalue weighted by atomic mass is 10.0. The molecule has 2 aliphatic rings. The Labute approximate surface area is 138 Å². The zero-order chi connectivity index (χ0) is 15.9. The molecular formula is C15H16Cl2N2O3. The van der Waals surface area contributed by atoms with Crippen LogP contribution < -0.4 is 5.73 Å². The van der Waals surface area contributed by atoms with Gasteiger partial charge in [-0.1, -0.05) is 29.3 Å². The van der Waals surface area contributed by atoms with Crippen LogP contribution in [0.3, 0.4) is 0 Å². The number of carbonyl (C=O) groups excluding carboxylic acids is 2. The zero-order valence-electron chi connectivity index (χ0n) is 11.8. The fourth-order valence-corrected chi connectivity index (χ4v) is 3.38. The number of Topliss-reactive ketones (excluding diaryl/α,β-unsaturated/α-hetero) is 1. The summed E-state index contributed by atoms with van der Waals surface area (Å²) >= 11 is 11.8. The number of carbonyl (C=O) groups is 2. The van der Waals surface area contributed by atoms with E-state index in [-0.39, 0.29) is 24.4 Å². The maximum Gasteiger partial charge on any atom is 0.240 e. The van der Waals surface area contributed by atoms with E-state index in [1.807, 2.05) is 0 Å². The van der Waals surface area contributed by atoms with Crippen LogP contribution in [0.25, 0.3) is 0 Å². The number of halogens is 2. The largest absolute Gasteiger partial charge is 0.368 e. The lowest BCUT2D eigenvalue weighted by Crippen LogP contribution is -2.50. The van der Waals surface area contributed by atoms with Gasteiger partial charge in [0.1, 0.15) is 12.6 Å². The number of hydrogen-bond donors (Lipinski definition) is 1. The van der Waals surface area contributed by atoms with Gasteiger partial charge in [-0.05, 0) is 30.5 Å². The molecule has 118 valence electrons. The average molecular weight is 343 g/mol. The number of benzene rings is 1. The summed E-state index contributed by atoms with van der Waals surface area (Å²) in [6.45, 7) is 0.593. The van der Waals surface area contributed by atoms with Gasteiger partial charge in [0.05, 0.1) is 22.2 Å². The van der Waals surface area contributed by atoms with E-state index >= 15 is 0 Å². The molecule has 0 bridgehead atoms. The summed E-state index contributed by atoms with van der Waals surface area (Å²) in [4.78, 5) is 25.9. The number of ketones is 1. The highest BCUT2D eigenvalue weighted by molar-refractivity contribution is 6.42. The van der Waals surface area contributed by atoms with Gasteiger partial charge in [0.25, 0.3) is 0 Å². The van der Waals surface area contributed by atoms with E-state index in [1.165, 1.54) is 0 Å². The molecule has 0 aliphatic carbocycles. The van der Waals surface area contributed by atoms with E-state index in [0.29, 0.717) is 29.4 Å². The summed E-state index contributed by atoms with van der Waals surface area (Å²) in [7, 11) is 0. The number of nitrogens with zero attached hydrogens (tertiary/aromatic N) is 1. The highest BCUT2D eigenvalue weighted by atomic mass is 35.5. The van der Waals surface area contributed by atoms with E-state index in [9.17, 15) is 9.59 Å². The quantitative estimate of drug-likeness (QED) is 0.901. The Bertz CT molecular complexity index is 623. The first-order chi connectivity index (χ1) is 10.5. The van der Waals surface area contributed by atoms with Crippen molar-refractivity contribution < 1.29 is 14.3 Å². The summed E-state index contributed by atoms with van der Waals surface area (Å²) < 4.78 is 5.38. The second-order valence-corrected chi connectivity index (χ2v) is 6.45. The molecule has 1 aromatic carbocycles. The molecule has 1 amide bonds. The molecule has 7 heteroatoms. The third-order valence-corrected chi connectivity index (χ3v) is 4.89. The van der Waals surface area contributed by atoms with Crippen molar-refractivity contribution in [2.75, 3.05) is 13.2 Å². The van der Waals surface area contributed by atoms with Crippen molar-refractivity contribution >= 4 is 34.9 Å². The van der Waals surface area contributed by atoms with E-state index in [1.54, 1.807) is 23.1 Å². The number of ether oxygens (including phenoxy) is 1. The van der Waals surface area contributed by atoms with Gasteiger partial charge in [0.2, 0.25) is 5.91 Å². The van der Waals surface area contributed by atoms with Crippen LogP contribution in [0.2, 0.25) is 10.0 Å². The molecule has 2 saturated heterocycles. The second kappa shape index (κ2) is 6.16. The van der Waals surface area contributed by atoms with Gasteiger partial charge in [-0.15, -0.1) is 0 Å². The Morgan fingerprint density at radius 3 is 2.91 bits per heavy atom. The Balaban J connectivity index is 1.69. The number of hydrogen-bond acceptors (Lipinski definition) is 4. The fourth-order valence-electron chi connectivity index (χ4n) is 3.06. The Hall–Kier alpha value is -1.14. The van der Waals surface area contributed by atoms with Crippen molar-refractivity contribution in [3.8, 4) is 0 Å². The molecule has 2 N–H and O–H groups in total. The first-order valence-electron chi connectivity index (χ1n) is 7.11. The first kappa shape index (κ1) is 15.7. The van der Waals surface area contributed by atoms with Crippen molar-refractivity contribution in [1.29, 1.82) is 0 Å². The maximum atomic E-state index is 12.5. The molecule has 0 saturated carbocycles. The predicted octanol–water partition coefficient (Wildman–Crippen LogP) is 1.43. The molecule has 3 rings (SSSR count). The fraction of sp³-hybridized carbons (Fsp3) is 0.467. The molecule has 0 aromatic heterocycles. The van der Waals surface area contributed by atoms with Crippen molar-refractivity contribution in [3.63, 3.8) is 0 Å². The van der Waals surface area contributed by atoms with E-state index in [4.69, 9.17) is 33.7 Å². The Kier molecular flexibility index (Phi) is 4.41. The van der Waals surface area contributed by atoms with Crippen LogP contribution in [0.15, 0.2) is 18.2 Å². The highest BCUT2D eigenvalue weighted by Gasteiger charge is 2.47. The number of fused-ring (bicyclic) bond motifs is 1. The summed E-state index contributed by atoms with van der Waals surface area (Å²) in [5, 5.41) is 0.890.